The van der Waals surface area contributed by atoms with Crippen LogP contribution >= 0.6 is 0 Å². The molecule has 1 aliphatic rings. The van der Waals surface area contributed by atoms with Gasteiger partial charge in [0, 0.05) is 18.5 Å². The molecule has 2 aromatic rings. The minimum absolute atomic E-state index is 0.615. The lowest BCUT2D eigenvalue weighted by atomic mass is 10.2. The normalized spacial score (nSPS) is 15.8. The number of rotatable bonds is 2. The maximum atomic E-state index is 5.93. The van der Waals surface area contributed by atoms with E-state index in [1.54, 1.807) is 0 Å². The van der Waals surface area contributed by atoms with Gasteiger partial charge < -0.3 is 11.1 Å². The number of hydrogen-bond acceptors (Lipinski definition) is 3. The van der Waals surface area contributed by atoms with E-state index in [0.29, 0.717) is 6.04 Å². The summed E-state index contributed by atoms with van der Waals surface area (Å²) in [4.78, 5) is 0. The fourth-order valence-corrected chi connectivity index (χ4v) is 1.90. The van der Waals surface area contributed by atoms with Crippen molar-refractivity contribution in [3.05, 3.63) is 18.2 Å². The van der Waals surface area contributed by atoms with Crippen LogP contribution in [0, 0.1) is 0 Å². The molecule has 0 bridgehead atoms. The Kier molecular flexibility index (Phi) is 1.65. The second-order valence-electron chi connectivity index (χ2n) is 4.13. The Bertz CT molecular complexity index is 511. The molecule has 4 nitrogen and oxygen atoms in total. The molecule has 4 heteroatoms. The van der Waals surface area contributed by atoms with Crippen LogP contribution < -0.4 is 11.1 Å². The van der Waals surface area contributed by atoms with Crippen molar-refractivity contribution < 1.29 is 0 Å². The molecule has 1 heterocycles. The average molecular weight is 202 g/mol. The number of hydrogen-bond donors (Lipinski definition) is 2. The number of fused-ring (bicyclic) bond motifs is 1. The van der Waals surface area contributed by atoms with Crippen molar-refractivity contribution in [2.75, 3.05) is 11.1 Å². The highest BCUT2D eigenvalue weighted by Crippen LogP contribution is 2.30. The van der Waals surface area contributed by atoms with Gasteiger partial charge in [0.1, 0.15) is 0 Å². The van der Waals surface area contributed by atoms with E-state index in [-0.39, 0.29) is 0 Å². The summed E-state index contributed by atoms with van der Waals surface area (Å²) in [5.41, 5.74) is 7.73. The van der Waals surface area contributed by atoms with Crippen LogP contribution in [-0.2, 0) is 7.05 Å². The van der Waals surface area contributed by atoms with E-state index in [9.17, 15) is 0 Å². The first-order valence-corrected chi connectivity index (χ1v) is 5.23. The van der Waals surface area contributed by atoms with Crippen molar-refractivity contribution in [3.63, 3.8) is 0 Å². The summed E-state index contributed by atoms with van der Waals surface area (Å²) in [6.07, 6.45) is 2.50. The molecule has 0 unspecified atom stereocenters. The largest absolute Gasteiger partial charge is 0.397 e. The summed E-state index contributed by atoms with van der Waals surface area (Å²) in [6, 6.07) is 6.55. The first-order valence-electron chi connectivity index (χ1n) is 5.23. The quantitative estimate of drug-likeness (QED) is 0.729. The monoisotopic (exact) mass is 202 g/mol. The standard InChI is InChI=1S/C11H14N4/c1-15-10-8(3-2-4-9(10)12)11(14-15)13-7-5-6-7/h2-4,7H,5-6,12H2,1H3,(H,13,14). The van der Waals surface area contributed by atoms with E-state index in [4.69, 9.17) is 5.73 Å². The lowest BCUT2D eigenvalue weighted by Crippen LogP contribution is -2.02. The molecule has 1 aliphatic carbocycles. The molecular formula is C11H14N4. The fourth-order valence-electron chi connectivity index (χ4n) is 1.90. The highest BCUT2D eigenvalue weighted by molar-refractivity contribution is 5.97. The predicted octanol–water partition coefficient (Wildman–Crippen LogP) is 1.73. The zero-order valence-corrected chi connectivity index (χ0v) is 8.70. The Morgan fingerprint density at radius 1 is 1.47 bits per heavy atom. The van der Waals surface area contributed by atoms with Crippen LogP contribution in [0.4, 0.5) is 11.5 Å². The van der Waals surface area contributed by atoms with E-state index in [0.717, 1.165) is 22.4 Å². The lowest BCUT2D eigenvalue weighted by Gasteiger charge is -1.99. The Hall–Kier alpha value is -1.71. The lowest BCUT2D eigenvalue weighted by molar-refractivity contribution is 0.797. The maximum Gasteiger partial charge on any atom is 0.156 e. The molecule has 0 amide bonds. The zero-order chi connectivity index (χ0) is 10.4. The third kappa shape index (κ3) is 1.33. The molecule has 0 spiro atoms. The van der Waals surface area contributed by atoms with Crippen molar-refractivity contribution in [2.24, 2.45) is 7.05 Å². The Morgan fingerprint density at radius 3 is 3.00 bits per heavy atom. The maximum absolute atomic E-state index is 5.93. The topological polar surface area (TPSA) is 55.9 Å². The Morgan fingerprint density at radius 2 is 2.27 bits per heavy atom. The van der Waals surface area contributed by atoms with Gasteiger partial charge in [-0.3, -0.25) is 4.68 Å². The summed E-state index contributed by atoms with van der Waals surface area (Å²) in [5, 5.41) is 8.99. The van der Waals surface area contributed by atoms with Crippen molar-refractivity contribution in [1.82, 2.24) is 9.78 Å². The molecule has 0 radical (unpaired) electrons. The van der Waals surface area contributed by atoms with E-state index < -0.39 is 0 Å². The Balaban J connectivity index is 2.17. The molecule has 0 saturated heterocycles. The first kappa shape index (κ1) is 8.59. The number of benzene rings is 1. The van der Waals surface area contributed by atoms with Crippen LogP contribution in [0.5, 0.6) is 0 Å². The fraction of sp³-hybridized carbons (Fsp3) is 0.364. The number of aromatic nitrogens is 2. The molecule has 1 fully saturated rings. The van der Waals surface area contributed by atoms with Crippen LogP contribution in [0.3, 0.4) is 0 Å². The van der Waals surface area contributed by atoms with Crippen molar-refractivity contribution >= 4 is 22.4 Å². The summed E-state index contributed by atoms with van der Waals surface area (Å²) >= 11 is 0. The molecule has 78 valence electrons. The van der Waals surface area contributed by atoms with Gasteiger partial charge in [0.2, 0.25) is 0 Å². The van der Waals surface area contributed by atoms with Gasteiger partial charge in [-0.1, -0.05) is 6.07 Å². The van der Waals surface area contributed by atoms with E-state index >= 15 is 0 Å². The van der Waals surface area contributed by atoms with E-state index in [2.05, 4.69) is 16.5 Å². The number of para-hydroxylation sites is 1. The van der Waals surface area contributed by atoms with Gasteiger partial charge in [-0.05, 0) is 25.0 Å². The molecule has 1 saturated carbocycles. The van der Waals surface area contributed by atoms with Gasteiger partial charge in [-0.2, -0.15) is 5.10 Å². The molecule has 15 heavy (non-hydrogen) atoms. The van der Waals surface area contributed by atoms with Gasteiger partial charge in [-0.25, -0.2) is 0 Å². The smallest absolute Gasteiger partial charge is 0.156 e. The highest BCUT2D eigenvalue weighted by Gasteiger charge is 2.23. The third-order valence-corrected chi connectivity index (χ3v) is 2.81. The zero-order valence-electron chi connectivity index (χ0n) is 8.70. The summed E-state index contributed by atoms with van der Waals surface area (Å²) in [5.74, 6) is 0.960. The number of nitrogens with one attached hydrogen (secondary N) is 1. The first-order chi connectivity index (χ1) is 7.25. The van der Waals surface area contributed by atoms with Crippen LogP contribution in [0.2, 0.25) is 0 Å². The van der Waals surface area contributed by atoms with Gasteiger partial charge in [-0.15, -0.1) is 0 Å². The van der Waals surface area contributed by atoms with Crippen molar-refractivity contribution in [1.29, 1.82) is 0 Å². The number of nitrogen functional groups attached to an aromatic ring is 1. The van der Waals surface area contributed by atoms with Crippen LogP contribution in [0.15, 0.2) is 18.2 Å². The number of nitrogens with zero attached hydrogens (tertiary/aromatic N) is 2. The molecule has 1 aromatic carbocycles. The number of anilines is 2. The van der Waals surface area contributed by atoms with Crippen LogP contribution in [0.25, 0.3) is 10.9 Å². The summed E-state index contributed by atoms with van der Waals surface area (Å²) in [6.45, 7) is 0. The molecular weight excluding hydrogens is 188 g/mol. The third-order valence-electron chi connectivity index (χ3n) is 2.81. The summed E-state index contributed by atoms with van der Waals surface area (Å²) < 4.78 is 1.84. The SMILES string of the molecule is Cn1nc(NC2CC2)c2cccc(N)c21. The van der Waals surface area contributed by atoms with E-state index in [1.807, 2.05) is 23.9 Å². The van der Waals surface area contributed by atoms with E-state index in [1.165, 1.54) is 12.8 Å². The molecule has 0 aliphatic heterocycles. The molecule has 3 N–H and O–H groups in total. The second kappa shape index (κ2) is 2.89. The van der Waals surface area contributed by atoms with Crippen molar-refractivity contribution in [2.45, 2.75) is 18.9 Å². The van der Waals surface area contributed by atoms with Crippen molar-refractivity contribution in [3.8, 4) is 0 Å². The predicted molar refractivity (Wildman–Crippen MR) is 61.8 cm³/mol. The molecule has 0 atom stereocenters. The number of aryl methyl sites for hydroxylation is 1. The van der Waals surface area contributed by atoms with Crippen LogP contribution in [-0.4, -0.2) is 15.8 Å². The minimum atomic E-state index is 0.615. The van der Waals surface area contributed by atoms with Gasteiger partial charge in [0.25, 0.3) is 0 Å². The minimum Gasteiger partial charge on any atom is -0.397 e. The van der Waals surface area contributed by atoms with Gasteiger partial charge >= 0.3 is 0 Å². The molecule has 1 aromatic heterocycles. The highest BCUT2D eigenvalue weighted by atomic mass is 15.3. The average Bonchev–Trinajstić information content (AvgIpc) is 2.94. The Labute approximate surface area is 88.1 Å². The summed E-state index contributed by atoms with van der Waals surface area (Å²) in [7, 11) is 1.93. The second-order valence-corrected chi connectivity index (χ2v) is 4.13. The van der Waals surface area contributed by atoms with Crippen LogP contribution in [0.1, 0.15) is 12.8 Å². The van der Waals surface area contributed by atoms with Gasteiger partial charge in [0.15, 0.2) is 5.82 Å². The number of nitrogens with two attached hydrogens (primary N) is 1. The van der Waals surface area contributed by atoms with Gasteiger partial charge in [0.05, 0.1) is 11.2 Å². The molecule has 3 rings (SSSR count).